The van der Waals surface area contributed by atoms with Crippen molar-refractivity contribution >= 4 is 5.97 Å². The first kappa shape index (κ1) is 27.0. The summed E-state index contributed by atoms with van der Waals surface area (Å²) in [4.78, 5) is 19.1. The average molecular weight is 553 g/mol. The third kappa shape index (κ3) is 5.57. The Bertz CT molecular complexity index is 1560. The molecule has 1 aliphatic heterocycles. The molecule has 1 fully saturated rings. The molecule has 4 aromatic rings. The summed E-state index contributed by atoms with van der Waals surface area (Å²) in [5.41, 5.74) is 6.59. The van der Waals surface area contributed by atoms with Crippen molar-refractivity contribution in [3.63, 3.8) is 0 Å². The topological polar surface area (TPSA) is 89.7 Å². The Kier molecular flexibility index (Phi) is 7.74. The van der Waals surface area contributed by atoms with E-state index in [9.17, 15) is 9.90 Å². The van der Waals surface area contributed by atoms with Gasteiger partial charge in [0.25, 0.3) is 0 Å². The molecule has 0 unspecified atom stereocenters. The Hall–Kier alpha value is -4.17. The number of carbonyl (C=O) groups is 1. The molecule has 0 atom stereocenters. The van der Waals surface area contributed by atoms with Crippen molar-refractivity contribution in [1.29, 1.82) is 0 Å². The van der Waals surface area contributed by atoms with Crippen molar-refractivity contribution < 1.29 is 19.4 Å². The number of ether oxygens (including phenoxy) is 2. The Balaban J connectivity index is 1.21. The van der Waals surface area contributed by atoms with Crippen LogP contribution in [-0.2, 0) is 19.6 Å². The van der Waals surface area contributed by atoms with E-state index in [1.54, 1.807) is 6.07 Å². The summed E-state index contributed by atoms with van der Waals surface area (Å²) in [5, 5.41) is 13.7. The SMILES string of the molecule is COc1c(C(=O)O)cnn1-c1cccc(-c2cccc(C)c2OCc2ccc3c(c2)CCN(C2CCCCC2)C3)n1. The smallest absolute Gasteiger partial charge is 0.342 e. The first-order valence-corrected chi connectivity index (χ1v) is 14.4. The second-order valence-electron chi connectivity index (χ2n) is 11.0. The lowest BCUT2D eigenvalue weighted by Gasteiger charge is -2.37. The van der Waals surface area contributed by atoms with Gasteiger partial charge in [-0.2, -0.15) is 9.78 Å². The van der Waals surface area contributed by atoms with E-state index in [-0.39, 0.29) is 11.4 Å². The molecule has 6 rings (SSSR count). The second-order valence-corrected chi connectivity index (χ2v) is 11.0. The zero-order chi connectivity index (χ0) is 28.3. The molecule has 0 radical (unpaired) electrons. The maximum Gasteiger partial charge on any atom is 0.342 e. The number of hydrogen-bond acceptors (Lipinski definition) is 6. The molecule has 8 heteroatoms. The molecule has 2 aliphatic rings. The molecule has 3 heterocycles. The van der Waals surface area contributed by atoms with E-state index in [1.807, 2.05) is 37.3 Å². The number of carboxylic acid groups (broad SMARTS) is 1. The molecule has 2 aromatic heterocycles. The third-order valence-electron chi connectivity index (χ3n) is 8.37. The predicted molar refractivity (Wildman–Crippen MR) is 157 cm³/mol. The Morgan fingerprint density at radius 2 is 1.88 bits per heavy atom. The lowest BCUT2D eigenvalue weighted by atomic mass is 9.90. The summed E-state index contributed by atoms with van der Waals surface area (Å²) in [6, 6.07) is 19.1. The Morgan fingerprint density at radius 1 is 1.05 bits per heavy atom. The van der Waals surface area contributed by atoms with Gasteiger partial charge in [-0.05, 0) is 66.6 Å². The van der Waals surface area contributed by atoms with Gasteiger partial charge in [0.05, 0.1) is 19.0 Å². The van der Waals surface area contributed by atoms with Gasteiger partial charge < -0.3 is 14.6 Å². The van der Waals surface area contributed by atoms with Crippen LogP contribution in [0.4, 0.5) is 0 Å². The number of aryl methyl sites for hydroxylation is 1. The van der Waals surface area contributed by atoms with Crippen LogP contribution in [0.15, 0.2) is 60.8 Å². The standard InChI is InChI=1S/C33H36N4O4/c1-22-8-6-11-27(29-12-7-13-30(35-29)37-32(40-2)28(19-34-37)33(38)39)31(22)41-21-23-14-15-25-20-36(17-16-24(25)18-23)26-9-4-3-5-10-26/h6-8,11-15,18-19,26H,3-5,9-10,16-17,20-21H2,1-2H3,(H,38,39). The van der Waals surface area contributed by atoms with Crippen LogP contribution in [0.2, 0.25) is 0 Å². The summed E-state index contributed by atoms with van der Waals surface area (Å²) in [6.07, 6.45) is 9.17. The fraction of sp³-hybridized carbons (Fsp3) is 0.364. The van der Waals surface area contributed by atoms with Gasteiger partial charge in [-0.15, -0.1) is 0 Å². The largest absolute Gasteiger partial charge is 0.488 e. The fourth-order valence-corrected chi connectivity index (χ4v) is 6.21. The van der Waals surface area contributed by atoms with Gasteiger partial charge in [-0.3, -0.25) is 4.90 Å². The van der Waals surface area contributed by atoms with Crippen molar-refractivity contribution in [2.45, 2.75) is 64.6 Å². The highest BCUT2D eigenvalue weighted by atomic mass is 16.5. The molecule has 8 nitrogen and oxygen atoms in total. The summed E-state index contributed by atoms with van der Waals surface area (Å²) < 4.78 is 13.2. The van der Waals surface area contributed by atoms with Crippen molar-refractivity contribution in [3.05, 3.63) is 88.6 Å². The Morgan fingerprint density at radius 3 is 2.68 bits per heavy atom. The van der Waals surface area contributed by atoms with E-state index in [2.05, 4.69) is 28.2 Å². The van der Waals surface area contributed by atoms with Crippen LogP contribution in [0.1, 0.15) is 64.7 Å². The molecule has 212 valence electrons. The van der Waals surface area contributed by atoms with E-state index in [1.165, 1.54) is 61.2 Å². The fourth-order valence-electron chi connectivity index (χ4n) is 6.21. The molecule has 0 spiro atoms. The quantitative estimate of drug-likeness (QED) is 0.278. The average Bonchev–Trinajstić information content (AvgIpc) is 3.45. The lowest BCUT2D eigenvalue weighted by molar-refractivity contribution is 0.0693. The number of benzene rings is 2. The van der Waals surface area contributed by atoms with E-state index >= 15 is 0 Å². The number of hydrogen-bond donors (Lipinski definition) is 1. The van der Waals surface area contributed by atoms with Crippen molar-refractivity contribution in [1.82, 2.24) is 19.7 Å². The van der Waals surface area contributed by atoms with Crippen molar-refractivity contribution in [2.75, 3.05) is 13.7 Å². The van der Waals surface area contributed by atoms with Gasteiger partial charge in [0.1, 0.15) is 17.9 Å². The zero-order valence-electron chi connectivity index (χ0n) is 23.7. The first-order valence-electron chi connectivity index (χ1n) is 14.4. The van der Waals surface area contributed by atoms with Crippen LogP contribution in [0.3, 0.4) is 0 Å². The number of pyridine rings is 1. The highest BCUT2D eigenvalue weighted by molar-refractivity contribution is 5.90. The van der Waals surface area contributed by atoms with Gasteiger partial charge >= 0.3 is 5.97 Å². The Labute approximate surface area is 240 Å². The van der Waals surface area contributed by atoms with E-state index < -0.39 is 5.97 Å². The molecule has 0 amide bonds. The highest BCUT2D eigenvalue weighted by Gasteiger charge is 2.25. The van der Waals surface area contributed by atoms with Crippen LogP contribution < -0.4 is 9.47 Å². The minimum Gasteiger partial charge on any atom is -0.488 e. The number of para-hydroxylation sites is 1. The molecular formula is C33H36N4O4. The highest BCUT2D eigenvalue weighted by Crippen LogP contribution is 2.34. The molecule has 2 aromatic carbocycles. The van der Waals surface area contributed by atoms with Crippen LogP contribution in [0.25, 0.3) is 17.1 Å². The van der Waals surface area contributed by atoms with Crippen LogP contribution >= 0.6 is 0 Å². The second kappa shape index (κ2) is 11.7. The number of methoxy groups -OCH3 is 1. The predicted octanol–water partition coefficient (Wildman–Crippen LogP) is 6.22. The molecule has 0 bridgehead atoms. The molecule has 1 saturated carbocycles. The number of fused-ring (bicyclic) bond motifs is 1. The molecular weight excluding hydrogens is 516 g/mol. The lowest BCUT2D eigenvalue weighted by Crippen LogP contribution is -2.40. The summed E-state index contributed by atoms with van der Waals surface area (Å²) >= 11 is 0. The van der Waals surface area contributed by atoms with E-state index in [4.69, 9.17) is 14.5 Å². The minimum absolute atomic E-state index is 0.0222. The molecule has 0 saturated heterocycles. The number of aromatic carboxylic acids is 1. The number of nitrogens with zero attached hydrogens (tertiary/aromatic N) is 4. The summed E-state index contributed by atoms with van der Waals surface area (Å²) in [5.74, 6) is 0.243. The summed E-state index contributed by atoms with van der Waals surface area (Å²) in [6.45, 7) is 4.69. The molecule has 1 aliphatic carbocycles. The van der Waals surface area contributed by atoms with Gasteiger partial charge in [0, 0.05) is 24.7 Å². The number of aromatic nitrogens is 3. The normalized spacial score (nSPS) is 15.9. The third-order valence-corrected chi connectivity index (χ3v) is 8.37. The van der Waals surface area contributed by atoms with Crippen LogP contribution in [0.5, 0.6) is 11.6 Å². The van der Waals surface area contributed by atoms with Gasteiger partial charge in [0.2, 0.25) is 5.88 Å². The number of carboxylic acids is 1. The van der Waals surface area contributed by atoms with Crippen LogP contribution in [-0.4, -0.2) is 50.4 Å². The molecule has 41 heavy (non-hydrogen) atoms. The number of rotatable bonds is 8. The van der Waals surface area contributed by atoms with Crippen molar-refractivity contribution in [2.24, 2.45) is 0 Å². The minimum atomic E-state index is -1.11. The van der Waals surface area contributed by atoms with E-state index in [0.717, 1.165) is 48.0 Å². The van der Waals surface area contributed by atoms with E-state index in [0.29, 0.717) is 18.1 Å². The van der Waals surface area contributed by atoms with Gasteiger partial charge in [0.15, 0.2) is 5.82 Å². The van der Waals surface area contributed by atoms with Gasteiger partial charge in [-0.1, -0.05) is 55.7 Å². The maximum absolute atomic E-state index is 11.6. The summed E-state index contributed by atoms with van der Waals surface area (Å²) in [7, 11) is 1.42. The monoisotopic (exact) mass is 552 g/mol. The maximum atomic E-state index is 11.6. The first-order chi connectivity index (χ1) is 20.0. The zero-order valence-corrected chi connectivity index (χ0v) is 23.7. The van der Waals surface area contributed by atoms with Gasteiger partial charge in [-0.25, -0.2) is 9.78 Å². The van der Waals surface area contributed by atoms with Crippen LogP contribution in [0, 0.1) is 6.92 Å². The molecule has 1 N–H and O–H groups in total. The van der Waals surface area contributed by atoms with Crippen molar-refractivity contribution in [3.8, 4) is 28.7 Å².